The maximum Gasteiger partial charge on any atom is 0.309 e. The summed E-state index contributed by atoms with van der Waals surface area (Å²) in [5, 5.41) is 5.04. The average molecular weight is 300 g/mol. The Morgan fingerprint density at radius 3 is 2.62 bits per heavy atom. The lowest BCUT2D eigenvalue weighted by molar-refractivity contribution is -0.186. The summed E-state index contributed by atoms with van der Waals surface area (Å²) in [7, 11) is 1.53. The van der Waals surface area contributed by atoms with E-state index in [0.717, 1.165) is 25.7 Å². The van der Waals surface area contributed by atoms with Gasteiger partial charge >= 0.3 is 11.8 Å². The van der Waals surface area contributed by atoms with Crippen LogP contribution in [0.25, 0.3) is 0 Å². The molecule has 0 aromatic carbocycles. The van der Waals surface area contributed by atoms with Gasteiger partial charge in [0.2, 0.25) is 0 Å². The predicted molar refractivity (Wildman–Crippen MR) is 74.5 cm³/mol. The Labute approximate surface area is 124 Å². The maximum absolute atomic E-state index is 11.6. The van der Waals surface area contributed by atoms with Crippen LogP contribution in [0.15, 0.2) is 0 Å². The Bertz CT molecular complexity index is 368. The van der Waals surface area contributed by atoms with Crippen molar-refractivity contribution < 1.29 is 23.8 Å². The Hall–Kier alpha value is -1.18. The summed E-state index contributed by atoms with van der Waals surface area (Å²) in [5.41, 5.74) is 0. The van der Waals surface area contributed by atoms with Crippen LogP contribution in [0.1, 0.15) is 32.1 Å². The molecule has 0 bridgehead atoms. The molecule has 1 aliphatic carbocycles. The van der Waals surface area contributed by atoms with Crippen molar-refractivity contribution in [1.29, 1.82) is 0 Å². The van der Waals surface area contributed by atoms with Gasteiger partial charge in [0, 0.05) is 33.0 Å². The topological polar surface area (TPSA) is 85.9 Å². The molecule has 0 aromatic heterocycles. The minimum Gasteiger partial charge on any atom is -0.383 e. The Morgan fingerprint density at radius 1 is 1.19 bits per heavy atom. The molecule has 1 aliphatic heterocycles. The van der Waals surface area contributed by atoms with Gasteiger partial charge in [0.05, 0.1) is 13.2 Å². The molecule has 2 aliphatic rings. The van der Waals surface area contributed by atoms with Gasteiger partial charge < -0.3 is 24.8 Å². The van der Waals surface area contributed by atoms with E-state index in [2.05, 4.69) is 10.6 Å². The molecule has 2 N–H and O–H groups in total. The van der Waals surface area contributed by atoms with E-state index in [1.807, 2.05) is 0 Å². The molecule has 2 rings (SSSR count). The molecule has 1 saturated carbocycles. The number of rotatable bonds is 5. The van der Waals surface area contributed by atoms with Crippen molar-refractivity contribution >= 4 is 11.8 Å². The molecule has 1 atom stereocenters. The summed E-state index contributed by atoms with van der Waals surface area (Å²) < 4.78 is 16.5. The molecule has 1 heterocycles. The highest BCUT2D eigenvalue weighted by molar-refractivity contribution is 6.35. The number of carbonyl (C=O) groups is 2. The van der Waals surface area contributed by atoms with E-state index in [9.17, 15) is 9.59 Å². The number of methoxy groups -OCH3 is 1. The van der Waals surface area contributed by atoms with Gasteiger partial charge in [-0.15, -0.1) is 0 Å². The Kier molecular flexibility index (Phi) is 5.96. The number of nitrogens with one attached hydrogen (secondary N) is 2. The lowest BCUT2D eigenvalue weighted by Crippen LogP contribution is -2.44. The van der Waals surface area contributed by atoms with Crippen molar-refractivity contribution in [2.24, 2.45) is 0 Å². The number of hydrogen-bond donors (Lipinski definition) is 2. The van der Waals surface area contributed by atoms with Crippen molar-refractivity contribution in [2.45, 2.75) is 44.0 Å². The fraction of sp³-hybridized carbons (Fsp3) is 0.857. The number of hydrogen-bond acceptors (Lipinski definition) is 5. The van der Waals surface area contributed by atoms with Crippen molar-refractivity contribution in [1.82, 2.24) is 10.6 Å². The standard InChI is InChI=1S/C14H24N2O5/c1-19-8-7-15-12(17)13(18)16-9-11-10-20-14(21-11)5-3-2-4-6-14/h11H,2-10H2,1H3,(H,15,17)(H,16,18)/t11-/m0/s1. The molecule has 120 valence electrons. The SMILES string of the molecule is COCCNC(=O)C(=O)NC[C@H]1COC2(CCCCC2)O1. The molecule has 0 aromatic rings. The molecule has 7 nitrogen and oxygen atoms in total. The molecule has 0 radical (unpaired) electrons. The minimum absolute atomic E-state index is 0.182. The second kappa shape index (κ2) is 7.72. The molecule has 0 unspecified atom stereocenters. The van der Waals surface area contributed by atoms with Crippen LogP contribution >= 0.6 is 0 Å². The lowest BCUT2D eigenvalue weighted by Gasteiger charge is -2.31. The van der Waals surface area contributed by atoms with Crippen LogP contribution < -0.4 is 10.6 Å². The zero-order valence-electron chi connectivity index (χ0n) is 12.5. The largest absolute Gasteiger partial charge is 0.383 e. The first kappa shape index (κ1) is 16.2. The van der Waals surface area contributed by atoms with Gasteiger partial charge in [0.1, 0.15) is 6.10 Å². The van der Waals surface area contributed by atoms with E-state index < -0.39 is 17.6 Å². The van der Waals surface area contributed by atoms with Crippen LogP contribution in [0, 0.1) is 0 Å². The van der Waals surface area contributed by atoms with Gasteiger partial charge in [-0.3, -0.25) is 9.59 Å². The zero-order valence-corrected chi connectivity index (χ0v) is 12.5. The van der Waals surface area contributed by atoms with E-state index in [0.29, 0.717) is 19.8 Å². The molecule has 2 amide bonds. The Balaban J connectivity index is 1.66. The van der Waals surface area contributed by atoms with Crippen molar-refractivity contribution in [2.75, 3.05) is 33.4 Å². The van der Waals surface area contributed by atoms with Gasteiger partial charge in [-0.25, -0.2) is 0 Å². The molecule has 1 saturated heterocycles. The van der Waals surface area contributed by atoms with E-state index in [-0.39, 0.29) is 12.6 Å². The highest BCUT2D eigenvalue weighted by Crippen LogP contribution is 2.37. The van der Waals surface area contributed by atoms with Crippen LogP contribution in [0.5, 0.6) is 0 Å². The summed E-state index contributed by atoms with van der Waals surface area (Å²) >= 11 is 0. The van der Waals surface area contributed by atoms with Crippen LogP contribution in [-0.2, 0) is 23.8 Å². The first-order valence-corrected chi connectivity index (χ1v) is 7.52. The Morgan fingerprint density at radius 2 is 1.90 bits per heavy atom. The second-order valence-corrected chi connectivity index (χ2v) is 5.48. The van der Waals surface area contributed by atoms with Crippen LogP contribution in [0.2, 0.25) is 0 Å². The van der Waals surface area contributed by atoms with Gasteiger partial charge in [0.15, 0.2) is 5.79 Å². The van der Waals surface area contributed by atoms with Crippen LogP contribution in [-0.4, -0.2) is 57.1 Å². The zero-order chi connectivity index (χ0) is 15.1. The predicted octanol–water partition coefficient (Wildman–Crippen LogP) is -0.0590. The summed E-state index contributed by atoms with van der Waals surface area (Å²) in [4.78, 5) is 23.1. The van der Waals surface area contributed by atoms with E-state index in [1.165, 1.54) is 13.5 Å². The third kappa shape index (κ3) is 4.66. The number of amides is 2. The van der Waals surface area contributed by atoms with Crippen LogP contribution in [0.4, 0.5) is 0 Å². The van der Waals surface area contributed by atoms with Gasteiger partial charge in [-0.2, -0.15) is 0 Å². The number of ether oxygens (including phenoxy) is 3. The third-order valence-electron chi connectivity index (χ3n) is 3.82. The fourth-order valence-corrected chi connectivity index (χ4v) is 2.70. The first-order chi connectivity index (χ1) is 10.2. The van der Waals surface area contributed by atoms with Gasteiger partial charge in [-0.1, -0.05) is 6.42 Å². The average Bonchev–Trinajstić information content (AvgIpc) is 2.88. The van der Waals surface area contributed by atoms with Crippen molar-refractivity contribution in [3.63, 3.8) is 0 Å². The summed E-state index contributed by atoms with van der Waals surface area (Å²) in [6.45, 7) is 1.44. The third-order valence-corrected chi connectivity index (χ3v) is 3.82. The van der Waals surface area contributed by atoms with Gasteiger partial charge in [0.25, 0.3) is 0 Å². The van der Waals surface area contributed by atoms with Crippen molar-refractivity contribution in [3.8, 4) is 0 Å². The molecule has 21 heavy (non-hydrogen) atoms. The summed E-state index contributed by atoms with van der Waals surface area (Å²) in [6.07, 6.45) is 5.09. The molecular weight excluding hydrogens is 276 g/mol. The summed E-state index contributed by atoms with van der Waals surface area (Å²) in [6, 6.07) is 0. The monoisotopic (exact) mass is 300 g/mol. The molecular formula is C14H24N2O5. The molecule has 7 heteroatoms. The molecule has 2 fully saturated rings. The highest BCUT2D eigenvalue weighted by atomic mass is 16.7. The van der Waals surface area contributed by atoms with Gasteiger partial charge in [-0.05, 0) is 12.8 Å². The van der Waals surface area contributed by atoms with E-state index >= 15 is 0 Å². The lowest BCUT2D eigenvalue weighted by atomic mass is 9.94. The fourth-order valence-electron chi connectivity index (χ4n) is 2.70. The second-order valence-electron chi connectivity index (χ2n) is 5.48. The minimum atomic E-state index is -0.654. The maximum atomic E-state index is 11.6. The first-order valence-electron chi connectivity index (χ1n) is 7.52. The highest BCUT2D eigenvalue weighted by Gasteiger charge is 2.42. The number of carbonyl (C=O) groups excluding carboxylic acids is 2. The van der Waals surface area contributed by atoms with Crippen LogP contribution in [0.3, 0.4) is 0 Å². The quantitative estimate of drug-likeness (QED) is 0.549. The van der Waals surface area contributed by atoms with E-state index in [1.54, 1.807) is 0 Å². The van der Waals surface area contributed by atoms with Crippen molar-refractivity contribution in [3.05, 3.63) is 0 Å². The molecule has 1 spiro atoms. The van der Waals surface area contributed by atoms with E-state index in [4.69, 9.17) is 14.2 Å². The smallest absolute Gasteiger partial charge is 0.309 e. The normalized spacial score (nSPS) is 24.0. The summed E-state index contributed by atoms with van der Waals surface area (Å²) in [5.74, 6) is -1.76.